The Hall–Kier alpha value is -2.15. The topological polar surface area (TPSA) is 17.1 Å². The Balaban J connectivity index is 2.31. The highest BCUT2D eigenvalue weighted by molar-refractivity contribution is 5.92. The van der Waals surface area contributed by atoms with Crippen LogP contribution in [0.15, 0.2) is 48.5 Å². The fraction of sp³-hybridized carbons (Fsp3) is 0.118. The van der Waals surface area contributed by atoms with Gasteiger partial charge in [-0.3, -0.25) is 4.79 Å². The summed E-state index contributed by atoms with van der Waals surface area (Å²) in [6.45, 7) is 1.67. The van der Waals surface area contributed by atoms with E-state index < -0.39 is 0 Å². The molecule has 0 N–H and O–H groups in total. The molecule has 18 heavy (non-hydrogen) atoms. The molecule has 0 aliphatic heterocycles. The van der Waals surface area contributed by atoms with Crippen LogP contribution < -0.4 is 0 Å². The zero-order valence-corrected chi connectivity index (χ0v) is 10.3. The summed E-state index contributed by atoms with van der Waals surface area (Å²) in [7, 11) is 0. The van der Waals surface area contributed by atoms with Gasteiger partial charge in [0.25, 0.3) is 0 Å². The molecule has 0 spiro atoms. The smallest absolute Gasteiger partial charge is 0.141 e. The number of rotatable bonds is 1. The molecule has 1 heteroatoms. The monoisotopic (exact) mass is 234 g/mol. The van der Waals surface area contributed by atoms with Gasteiger partial charge in [-0.05, 0) is 29.2 Å². The fourth-order valence-corrected chi connectivity index (χ4v) is 2.64. The third-order valence-corrected chi connectivity index (χ3v) is 3.46. The normalized spacial score (nSPS) is 13.6. The van der Waals surface area contributed by atoms with E-state index in [9.17, 15) is 4.79 Å². The summed E-state index contributed by atoms with van der Waals surface area (Å²) in [5, 5.41) is 0. The van der Waals surface area contributed by atoms with E-state index in [0.717, 1.165) is 22.3 Å². The highest BCUT2D eigenvalue weighted by Gasteiger charge is 2.24. The predicted octanol–water partition coefficient (Wildman–Crippen LogP) is 3.89. The van der Waals surface area contributed by atoms with Gasteiger partial charge in [0, 0.05) is 0 Å². The van der Waals surface area contributed by atoms with Crippen LogP contribution in [0.2, 0.25) is 0 Å². The molecule has 2 aromatic carbocycles. The highest BCUT2D eigenvalue weighted by atomic mass is 16.1. The van der Waals surface area contributed by atoms with Crippen molar-refractivity contribution in [3.8, 4) is 0 Å². The third-order valence-electron chi connectivity index (χ3n) is 3.46. The molecular weight excluding hydrogens is 220 g/mol. The molecule has 0 fully saturated rings. The molecule has 0 amide bonds. The molecule has 3 rings (SSSR count). The lowest BCUT2D eigenvalue weighted by Crippen LogP contribution is -2.12. The Kier molecular flexibility index (Phi) is 2.60. The SMILES string of the molecule is CC(=O)C1c2ccccc2C=Cc2ccccc21. The number of carbonyl (C=O) groups is 1. The Morgan fingerprint density at radius 2 is 1.28 bits per heavy atom. The predicted molar refractivity (Wildman–Crippen MR) is 74.3 cm³/mol. The lowest BCUT2D eigenvalue weighted by molar-refractivity contribution is -0.117. The first-order valence-electron chi connectivity index (χ1n) is 6.14. The second kappa shape index (κ2) is 4.26. The number of benzene rings is 2. The number of hydrogen-bond donors (Lipinski definition) is 0. The number of carbonyl (C=O) groups excluding carboxylic acids is 1. The van der Waals surface area contributed by atoms with Crippen LogP contribution >= 0.6 is 0 Å². The second-order valence-electron chi connectivity index (χ2n) is 4.63. The van der Waals surface area contributed by atoms with Crippen molar-refractivity contribution in [3.05, 3.63) is 70.8 Å². The molecule has 0 heterocycles. The summed E-state index contributed by atoms with van der Waals surface area (Å²) >= 11 is 0. The average molecular weight is 234 g/mol. The summed E-state index contributed by atoms with van der Waals surface area (Å²) in [6.07, 6.45) is 4.19. The van der Waals surface area contributed by atoms with Crippen molar-refractivity contribution < 1.29 is 4.79 Å². The van der Waals surface area contributed by atoms with Gasteiger partial charge >= 0.3 is 0 Å². The van der Waals surface area contributed by atoms with Crippen molar-refractivity contribution in [3.63, 3.8) is 0 Å². The lowest BCUT2D eigenvalue weighted by Gasteiger charge is -2.17. The van der Waals surface area contributed by atoms with E-state index in [1.165, 1.54) is 0 Å². The minimum absolute atomic E-state index is 0.146. The van der Waals surface area contributed by atoms with E-state index in [-0.39, 0.29) is 11.7 Å². The first-order valence-corrected chi connectivity index (χ1v) is 6.14. The molecule has 0 saturated heterocycles. The Morgan fingerprint density at radius 3 is 1.72 bits per heavy atom. The van der Waals surface area contributed by atoms with Crippen molar-refractivity contribution in [1.82, 2.24) is 0 Å². The molecule has 0 saturated carbocycles. The fourth-order valence-electron chi connectivity index (χ4n) is 2.64. The molecule has 0 radical (unpaired) electrons. The van der Waals surface area contributed by atoms with Crippen LogP contribution in [0.1, 0.15) is 35.1 Å². The molecule has 1 nitrogen and oxygen atoms in total. The Bertz CT molecular complexity index is 588. The lowest BCUT2D eigenvalue weighted by atomic mass is 9.85. The van der Waals surface area contributed by atoms with Crippen molar-refractivity contribution >= 4 is 17.9 Å². The summed E-state index contributed by atoms with van der Waals surface area (Å²) in [6, 6.07) is 16.2. The third kappa shape index (κ3) is 1.68. The molecule has 1 aliphatic carbocycles. The summed E-state index contributed by atoms with van der Waals surface area (Å²) in [4.78, 5) is 12.0. The molecule has 2 aromatic rings. The van der Waals surface area contributed by atoms with Gasteiger partial charge < -0.3 is 0 Å². The van der Waals surface area contributed by atoms with Gasteiger partial charge in [0.2, 0.25) is 0 Å². The van der Waals surface area contributed by atoms with Crippen LogP contribution in [0, 0.1) is 0 Å². The number of hydrogen-bond acceptors (Lipinski definition) is 1. The van der Waals surface area contributed by atoms with Gasteiger partial charge in [0.15, 0.2) is 0 Å². The van der Waals surface area contributed by atoms with Gasteiger partial charge in [-0.15, -0.1) is 0 Å². The van der Waals surface area contributed by atoms with Crippen molar-refractivity contribution in [2.24, 2.45) is 0 Å². The Labute approximate surface area is 107 Å². The Morgan fingerprint density at radius 1 is 0.833 bits per heavy atom. The quantitative estimate of drug-likeness (QED) is 0.731. The number of Topliss-reactive ketones (excluding diaryl/α,β-unsaturated/α-hetero) is 1. The van der Waals surface area contributed by atoms with E-state index >= 15 is 0 Å². The van der Waals surface area contributed by atoms with Crippen LogP contribution in [0.25, 0.3) is 12.2 Å². The standard InChI is InChI=1S/C17H14O/c1-12(18)17-15-8-4-2-6-13(15)10-11-14-7-3-5-9-16(14)17/h2-11,17H,1H3. The van der Waals surface area contributed by atoms with Crippen LogP contribution in [0.5, 0.6) is 0 Å². The maximum Gasteiger partial charge on any atom is 0.141 e. The molecule has 0 aromatic heterocycles. The van der Waals surface area contributed by atoms with E-state index in [2.05, 4.69) is 24.3 Å². The zero-order valence-electron chi connectivity index (χ0n) is 10.3. The molecule has 88 valence electrons. The van der Waals surface area contributed by atoms with Gasteiger partial charge in [-0.2, -0.15) is 0 Å². The van der Waals surface area contributed by atoms with Gasteiger partial charge in [-0.25, -0.2) is 0 Å². The number of ketones is 1. The average Bonchev–Trinajstić information content (AvgIpc) is 2.55. The van der Waals surface area contributed by atoms with Crippen LogP contribution in [0.4, 0.5) is 0 Å². The molecule has 0 bridgehead atoms. The maximum absolute atomic E-state index is 12.0. The van der Waals surface area contributed by atoms with E-state index in [0.29, 0.717) is 0 Å². The van der Waals surface area contributed by atoms with E-state index in [1.54, 1.807) is 6.92 Å². The van der Waals surface area contributed by atoms with Crippen molar-refractivity contribution in [2.75, 3.05) is 0 Å². The molecule has 0 unspecified atom stereocenters. The first kappa shape index (κ1) is 11.0. The molecular formula is C17H14O. The van der Waals surface area contributed by atoms with Gasteiger partial charge in [0.1, 0.15) is 5.78 Å². The minimum atomic E-state index is -0.146. The first-order chi connectivity index (χ1) is 8.77. The maximum atomic E-state index is 12.0. The van der Waals surface area contributed by atoms with Crippen LogP contribution in [-0.2, 0) is 4.79 Å². The van der Waals surface area contributed by atoms with Gasteiger partial charge in [0.05, 0.1) is 5.92 Å². The van der Waals surface area contributed by atoms with Crippen LogP contribution in [-0.4, -0.2) is 5.78 Å². The van der Waals surface area contributed by atoms with Crippen molar-refractivity contribution in [1.29, 1.82) is 0 Å². The largest absolute Gasteiger partial charge is 0.299 e. The van der Waals surface area contributed by atoms with Crippen LogP contribution in [0.3, 0.4) is 0 Å². The second-order valence-corrected chi connectivity index (χ2v) is 4.63. The summed E-state index contributed by atoms with van der Waals surface area (Å²) < 4.78 is 0. The van der Waals surface area contributed by atoms with E-state index in [1.807, 2.05) is 36.4 Å². The number of fused-ring (bicyclic) bond motifs is 2. The summed E-state index contributed by atoms with van der Waals surface area (Å²) in [5.74, 6) is 0.0472. The molecule has 1 aliphatic rings. The van der Waals surface area contributed by atoms with Crippen molar-refractivity contribution in [2.45, 2.75) is 12.8 Å². The summed E-state index contributed by atoms with van der Waals surface area (Å²) in [5.41, 5.74) is 4.47. The zero-order chi connectivity index (χ0) is 12.5. The minimum Gasteiger partial charge on any atom is -0.299 e. The highest BCUT2D eigenvalue weighted by Crippen LogP contribution is 2.34. The molecule has 0 atom stereocenters. The van der Waals surface area contributed by atoms with Gasteiger partial charge in [-0.1, -0.05) is 60.7 Å². The van der Waals surface area contributed by atoms with E-state index in [4.69, 9.17) is 0 Å².